The summed E-state index contributed by atoms with van der Waals surface area (Å²) in [5.74, 6) is -1.05. The highest BCUT2D eigenvalue weighted by molar-refractivity contribution is 5.95. The van der Waals surface area contributed by atoms with Crippen LogP contribution in [0.2, 0.25) is 0 Å². The van der Waals surface area contributed by atoms with Crippen LogP contribution >= 0.6 is 0 Å². The van der Waals surface area contributed by atoms with Gasteiger partial charge in [0.2, 0.25) is 5.43 Å². The zero-order valence-corrected chi connectivity index (χ0v) is 10.7. The van der Waals surface area contributed by atoms with E-state index in [2.05, 4.69) is 10.4 Å². The van der Waals surface area contributed by atoms with Gasteiger partial charge in [-0.05, 0) is 32.0 Å². The number of rotatable bonds is 3. The van der Waals surface area contributed by atoms with Crippen molar-refractivity contribution in [2.24, 2.45) is 0 Å². The molecule has 1 N–H and O–H groups in total. The van der Waals surface area contributed by atoms with Crippen LogP contribution in [0.5, 0.6) is 0 Å². The van der Waals surface area contributed by atoms with Crippen LogP contribution in [0.1, 0.15) is 24.3 Å². The molecule has 0 unspecified atom stereocenters. The topological polar surface area (TPSA) is 64.0 Å². The number of benzene rings is 1. The number of carbonyl (C=O) groups is 1. The zero-order chi connectivity index (χ0) is 14.0. The third kappa shape index (κ3) is 2.33. The Morgan fingerprint density at radius 2 is 2.16 bits per heavy atom. The van der Waals surface area contributed by atoms with Crippen molar-refractivity contribution < 1.29 is 9.18 Å². The van der Waals surface area contributed by atoms with E-state index < -0.39 is 17.2 Å². The van der Waals surface area contributed by atoms with Crippen LogP contribution < -0.4 is 10.7 Å². The van der Waals surface area contributed by atoms with E-state index in [1.54, 1.807) is 6.92 Å². The van der Waals surface area contributed by atoms with Crippen molar-refractivity contribution in [1.82, 2.24) is 15.1 Å². The Morgan fingerprint density at radius 1 is 1.42 bits per heavy atom. The van der Waals surface area contributed by atoms with Gasteiger partial charge in [0.1, 0.15) is 5.82 Å². The molecular formula is C13H14FN3O2. The molecule has 5 nitrogen and oxygen atoms in total. The molecule has 0 saturated heterocycles. The predicted molar refractivity (Wildman–Crippen MR) is 69.6 cm³/mol. The smallest absolute Gasteiger partial charge is 0.275 e. The first kappa shape index (κ1) is 13.2. The lowest BCUT2D eigenvalue weighted by atomic mass is 10.2. The van der Waals surface area contributed by atoms with Gasteiger partial charge < -0.3 is 5.32 Å². The number of fused-ring (bicyclic) bond motifs is 1. The number of amides is 1. The summed E-state index contributed by atoms with van der Waals surface area (Å²) in [6, 6.07) is 3.89. The summed E-state index contributed by atoms with van der Waals surface area (Å²) in [5, 5.41) is 6.73. The molecule has 0 atom stereocenters. The number of carbonyl (C=O) groups excluding carboxylic acids is 1. The molecule has 0 aliphatic rings. The fourth-order valence-electron chi connectivity index (χ4n) is 1.90. The SMILES string of the molecule is CCNC(=O)c1nn(CC)c2ccc(F)cc2c1=O. The van der Waals surface area contributed by atoms with Crippen LogP contribution in [0.4, 0.5) is 4.39 Å². The maximum absolute atomic E-state index is 13.3. The molecule has 0 fully saturated rings. The maximum atomic E-state index is 13.3. The van der Waals surface area contributed by atoms with Gasteiger partial charge in [0.15, 0.2) is 5.69 Å². The maximum Gasteiger partial charge on any atom is 0.275 e. The molecule has 100 valence electrons. The summed E-state index contributed by atoms with van der Waals surface area (Å²) in [6.07, 6.45) is 0. The van der Waals surface area contributed by atoms with Crippen molar-refractivity contribution in [3.05, 3.63) is 39.9 Å². The van der Waals surface area contributed by atoms with E-state index in [1.165, 1.54) is 16.8 Å². The quantitative estimate of drug-likeness (QED) is 0.908. The van der Waals surface area contributed by atoms with Gasteiger partial charge in [-0.1, -0.05) is 0 Å². The van der Waals surface area contributed by atoms with Crippen molar-refractivity contribution in [2.45, 2.75) is 20.4 Å². The van der Waals surface area contributed by atoms with Gasteiger partial charge in [-0.2, -0.15) is 5.10 Å². The number of nitrogens with one attached hydrogen (secondary N) is 1. The molecule has 0 saturated carbocycles. The summed E-state index contributed by atoms with van der Waals surface area (Å²) >= 11 is 0. The Hall–Kier alpha value is -2.24. The molecule has 1 aromatic heterocycles. The highest BCUT2D eigenvalue weighted by Crippen LogP contribution is 2.12. The van der Waals surface area contributed by atoms with Crippen molar-refractivity contribution in [3.8, 4) is 0 Å². The van der Waals surface area contributed by atoms with Crippen LogP contribution in [0, 0.1) is 5.82 Å². The zero-order valence-electron chi connectivity index (χ0n) is 10.7. The second-order valence-electron chi connectivity index (χ2n) is 4.01. The third-order valence-corrected chi connectivity index (χ3v) is 2.77. The molecule has 2 rings (SSSR count). The Morgan fingerprint density at radius 3 is 2.79 bits per heavy atom. The lowest BCUT2D eigenvalue weighted by Gasteiger charge is -2.09. The molecule has 0 radical (unpaired) electrons. The van der Waals surface area contributed by atoms with E-state index >= 15 is 0 Å². The van der Waals surface area contributed by atoms with Gasteiger partial charge in [-0.3, -0.25) is 14.3 Å². The van der Waals surface area contributed by atoms with Crippen LogP contribution in [0.3, 0.4) is 0 Å². The highest BCUT2D eigenvalue weighted by atomic mass is 19.1. The fourth-order valence-corrected chi connectivity index (χ4v) is 1.90. The fraction of sp³-hybridized carbons (Fsp3) is 0.308. The molecule has 0 bridgehead atoms. The summed E-state index contributed by atoms with van der Waals surface area (Å²) in [4.78, 5) is 23.9. The number of hydrogen-bond acceptors (Lipinski definition) is 3. The summed E-state index contributed by atoms with van der Waals surface area (Å²) in [6.45, 7) is 4.46. The molecule has 0 aliphatic heterocycles. The monoisotopic (exact) mass is 263 g/mol. The van der Waals surface area contributed by atoms with Crippen molar-refractivity contribution in [1.29, 1.82) is 0 Å². The Kier molecular flexibility index (Phi) is 3.59. The first-order chi connectivity index (χ1) is 9.08. The van der Waals surface area contributed by atoms with E-state index in [0.29, 0.717) is 18.6 Å². The largest absolute Gasteiger partial charge is 0.351 e. The number of aromatic nitrogens is 2. The van der Waals surface area contributed by atoms with Gasteiger partial charge >= 0.3 is 0 Å². The standard InChI is InChI=1S/C13H14FN3O2/c1-3-15-13(19)11-12(18)9-7-8(14)5-6-10(9)17(4-2)16-11/h5-7H,3-4H2,1-2H3,(H,15,19). The molecule has 0 aliphatic carbocycles. The Bertz CT molecular complexity index is 694. The molecule has 19 heavy (non-hydrogen) atoms. The van der Waals surface area contributed by atoms with E-state index in [9.17, 15) is 14.0 Å². The van der Waals surface area contributed by atoms with E-state index in [4.69, 9.17) is 0 Å². The first-order valence-corrected chi connectivity index (χ1v) is 6.07. The molecule has 1 heterocycles. The number of aryl methyl sites for hydroxylation is 1. The normalized spacial score (nSPS) is 10.7. The molecule has 1 amide bonds. The van der Waals surface area contributed by atoms with Crippen LogP contribution in [0.15, 0.2) is 23.0 Å². The van der Waals surface area contributed by atoms with Crippen molar-refractivity contribution in [2.75, 3.05) is 6.54 Å². The number of halogens is 1. The molecule has 6 heteroatoms. The molecule has 1 aromatic carbocycles. The number of nitrogens with zero attached hydrogens (tertiary/aromatic N) is 2. The average Bonchev–Trinajstić information content (AvgIpc) is 2.40. The van der Waals surface area contributed by atoms with Crippen LogP contribution in [0.25, 0.3) is 10.9 Å². The second-order valence-corrected chi connectivity index (χ2v) is 4.01. The minimum absolute atomic E-state index is 0.165. The third-order valence-electron chi connectivity index (χ3n) is 2.77. The first-order valence-electron chi connectivity index (χ1n) is 6.07. The summed E-state index contributed by atoms with van der Waals surface area (Å²) in [7, 11) is 0. The van der Waals surface area contributed by atoms with E-state index in [-0.39, 0.29) is 11.1 Å². The second kappa shape index (κ2) is 5.17. The Labute approximate surface area is 109 Å². The van der Waals surface area contributed by atoms with Crippen molar-refractivity contribution >= 4 is 16.8 Å². The Balaban J connectivity index is 2.77. The summed E-state index contributed by atoms with van der Waals surface area (Å²) < 4.78 is 14.8. The van der Waals surface area contributed by atoms with E-state index in [0.717, 1.165) is 6.07 Å². The highest BCUT2D eigenvalue weighted by Gasteiger charge is 2.16. The molecule has 2 aromatic rings. The number of hydrogen-bond donors (Lipinski definition) is 1. The van der Waals surface area contributed by atoms with E-state index in [1.807, 2.05) is 6.92 Å². The lowest BCUT2D eigenvalue weighted by molar-refractivity contribution is 0.0947. The van der Waals surface area contributed by atoms with Gasteiger partial charge in [0.05, 0.1) is 10.9 Å². The van der Waals surface area contributed by atoms with Gasteiger partial charge in [0.25, 0.3) is 5.91 Å². The minimum atomic E-state index is -0.551. The predicted octanol–water partition coefficient (Wildman–Crippen LogP) is 1.31. The summed E-state index contributed by atoms with van der Waals surface area (Å²) in [5.41, 5.74) is -0.242. The van der Waals surface area contributed by atoms with Gasteiger partial charge in [-0.25, -0.2) is 4.39 Å². The lowest BCUT2D eigenvalue weighted by Crippen LogP contribution is -2.31. The minimum Gasteiger partial charge on any atom is -0.351 e. The molecular weight excluding hydrogens is 249 g/mol. The molecule has 0 spiro atoms. The van der Waals surface area contributed by atoms with Crippen LogP contribution in [-0.2, 0) is 6.54 Å². The van der Waals surface area contributed by atoms with Gasteiger partial charge in [0, 0.05) is 13.1 Å². The average molecular weight is 263 g/mol. The van der Waals surface area contributed by atoms with Crippen LogP contribution in [-0.4, -0.2) is 22.2 Å². The van der Waals surface area contributed by atoms with Gasteiger partial charge in [-0.15, -0.1) is 0 Å². The van der Waals surface area contributed by atoms with Crippen molar-refractivity contribution in [3.63, 3.8) is 0 Å².